The Kier molecular flexibility index (Phi) is 5.41. The Morgan fingerprint density at radius 1 is 0.658 bits per heavy atom. The van der Waals surface area contributed by atoms with Gasteiger partial charge in [0.05, 0.1) is 10.2 Å². The fourth-order valence-corrected chi connectivity index (χ4v) is 6.82. The van der Waals surface area contributed by atoms with E-state index in [1.54, 1.807) is 11.3 Å². The molecule has 5 aromatic carbocycles. The second-order valence-corrected chi connectivity index (χ2v) is 11.2. The van der Waals surface area contributed by atoms with Gasteiger partial charge in [-0.05, 0) is 83.3 Å². The molecule has 0 N–H and O–H groups in total. The summed E-state index contributed by atoms with van der Waals surface area (Å²) in [4.78, 5) is 7.30. The molecule has 0 amide bonds. The Bertz CT molecular complexity index is 1700. The van der Waals surface area contributed by atoms with Gasteiger partial charge in [0, 0.05) is 28.0 Å². The van der Waals surface area contributed by atoms with Gasteiger partial charge in [0.1, 0.15) is 5.01 Å². The molecule has 0 bridgehead atoms. The summed E-state index contributed by atoms with van der Waals surface area (Å²) < 4.78 is 1.23. The molecule has 184 valence electrons. The molecule has 1 aromatic heterocycles. The molecule has 0 fully saturated rings. The maximum Gasteiger partial charge on any atom is 0.124 e. The lowest BCUT2D eigenvalue weighted by Crippen LogP contribution is -2.20. The molecular weight excluding hydrogens is 480 g/mol. The summed E-state index contributed by atoms with van der Waals surface area (Å²) >= 11 is 1.77. The molecule has 1 unspecified atom stereocenters. The minimum atomic E-state index is -0.0770. The van der Waals surface area contributed by atoms with Crippen molar-refractivity contribution in [2.24, 2.45) is 0 Å². The van der Waals surface area contributed by atoms with Crippen LogP contribution in [0, 0.1) is 0 Å². The first kappa shape index (κ1) is 22.9. The Morgan fingerprint density at radius 2 is 1.26 bits per heavy atom. The van der Waals surface area contributed by atoms with Crippen LogP contribution in [-0.2, 0) is 5.41 Å². The summed E-state index contributed by atoms with van der Waals surface area (Å²) in [5.74, 6) is 0. The minimum Gasteiger partial charge on any atom is -0.310 e. The lowest BCUT2D eigenvalue weighted by Gasteiger charge is -2.29. The van der Waals surface area contributed by atoms with E-state index in [-0.39, 0.29) is 5.41 Å². The molecule has 0 spiro atoms. The smallest absolute Gasteiger partial charge is 0.124 e. The van der Waals surface area contributed by atoms with E-state index in [0.717, 1.165) is 28.3 Å². The molecule has 1 aliphatic rings. The molecule has 7 rings (SSSR count). The van der Waals surface area contributed by atoms with Gasteiger partial charge in [0.25, 0.3) is 0 Å². The molecular formula is C35H28N2S. The third kappa shape index (κ3) is 3.58. The van der Waals surface area contributed by atoms with Crippen molar-refractivity contribution in [3.63, 3.8) is 0 Å². The molecule has 1 heterocycles. The van der Waals surface area contributed by atoms with E-state index in [0.29, 0.717) is 0 Å². The van der Waals surface area contributed by atoms with Gasteiger partial charge in [-0.1, -0.05) is 80.6 Å². The predicted molar refractivity (Wildman–Crippen MR) is 162 cm³/mol. The first-order valence-electron chi connectivity index (χ1n) is 13.2. The van der Waals surface area contributed by atoms with Crippen LogP contribution in [0.1, 0.15) is 31.4 Å². The molecule has 3 heteroatoms. The zero-order valence-electron chi connectivity index (χ0n) is 21.6. The molecule has 1 aliphatic carbocycles. The molecule has 0 aliphatic heterocycles. The third-order valence-corrected chi connectivity index (χ3v) is 9.12. The topological polar surface area (TPSA) is 16.1 Å². The summed E-state index contributed by atoms with van der Waals surface area (Å²) in [6.45, 7) is 4.71. The standard InChI is InChI=1S/C35H28N2S/c1-3-35(2)30-22-24(34-36-32-16-10-11-17-33(32)38-34)18-20-28(30)29-21-19-27(23-31(29)35)37(25-12-6-4-7-13-25)26-14-8-5-9-15-26/h4-23H,3H2,1-2H3. The van der Waals surface area contributed by atoms with Crippen LogP contribution in [-0.4, -0.2) is 4.98 Å². The lowest BCUT2D eigenvalue weighted by atomic mass is 9.77. The van der Waals surface area contributed by atoms with Gasteiger partial charge in [-0.15, -0.1) is 11.3 Å². The quantitative estimate of drug-likeness (QED) is 0.230. The molecule has 0 radical (unpaired) electrons. The Morgan fingerprint density at radius 3 is 1.92 bits per heavy atom. The highest BCUT2D eigenvalue weighted by molar-refractivity contribution is 7.21. The van der Waals surface area contributed by atoms with Crippen LogP contribution in [0.5, 0.6) is 0 Å². The summed E-state index contributed by atoms with van der Waals surface area (Å²) in [7, 11) is 0. The maximum absolute atomic E-state index is 4.95. The van der Waals surface area contributed by atoms with Gasteiger partial charge in [0.2, 0.25) is 0 Å². The largest absolute Gasteiger partial charge is 0.310 e. The molecule has 0 saturated heterocycles. The van der Waals surface area contributed by atoms with Crippen LogP contribution in [0.2, 0.25) is 0 Å². The van der Waals surface area contributed by atoms with Crippen molar-refractivity contribution >= 4 is 38.6 Å². The highest BCUT2D eigenvalue weighted by Crippen LogP contribution is 2.53. The van der Waals surface area contributed by atoms with E-state index in [2.05, 4.69) is 140 Å². The van der Waals surface area contributed by atoms with Crippen LogP contribution < -0.4 is 4.90 Å². The van der Waals surface area contributed by atoms with E-state index in [1.807, 2.05) is 0 Å². The first-order valence-corrected chi connectivity index (χ1v) is 14.0. The highest BCUT2D eigenvalue weighted by Gasteiger charge is 2.38. The predicted octanol–water partition coefficient (Wildman–Crippen LogP) is 10.1. The van der Waals surface area contributed by atoms with Crippen LogP contribution in [0.15, 0.2) is 121 Å². The molecule has 2 nitrogen and oxygen atoms in total. The van der Waals surface area contributed by atoms with Crippen LogP contribution in [0.3, 0.4) is 0 Å². The van der Waals surface area contributed by atoms with Crippen LogP contribution in [0.4, 0.5) is 17.1 Å². The highest BCUT2D eigenvalue weighted by atomic mass is 32.1. The summed E-state index contributed by atoms with van der Waals surface area (Å²) in [6.07, 6.45) is 1.02. The third-order valence-electron chi connectivity index (χ3n) is 8.04. The number of para-hydroxylation sites is 3. The van der Waals surface area contributed by atoms with E-state index in [1.165, 1.54) is 38.2 Å². The van der Waals surface area contributed by atoms with Crippen molar-refractivity contribution in [2.45, 2.75) is 25.7 Å². The summed E-state index contributed by atoms with van der Waals surface area (Å²) in [5.41, 5.74) is 11.2. The number of nitrogens with zero attached hydrogens (tertiary/aromatic N) is 2. The Labute approximate surface area is 227 Å². The molecule has 0 saturated carbocycles. The van der Waals surface area contributed by atoms with Gasteiger partial charge in [-0.25, -0.2) is 4.98 Å². The number of aromatic nitrogens is 1. The average molecular weight is 509 g/mol. The monoisotopic (exact) mass is 508 g/mol. The van der Waals surface area contributed by atoms with Gasteiger partial charge in [-0.3, -0.25) is 0 Å². The Hall–Kier alpha value is -4.21. The van der Waals surface area contributed by atoms with Crippen LogP contribution >= 0.6 is 11.3 Å². The summed E-state index contributed by atoms with van der Waals surface area (Å²) in [5, 5.41) is 1.09. The van der Waals surface area contributed by atoms with Gasteiger partial charge in [0.15, 0.2) is 0 Å². The average Bonchev–Trinajstić information content (AvgIpc) is 3.52. The van der Waals surface area contributed by atoms with Gasteiger partial charge < -0.3 is 4.90 Å². The molecule has 6 aromatic rings. The van der Waals surface area contributed by atoms with Gasteiger partial charge >= 0.3 is 0 Å². The van der Waals surface area contributed by atoms with Crippen molar-refractivity contribution in [3.8, 4) is 21.7 Å². The molecule has 1 atom stereocenters. The van der Waals surface area contributed by atoms with Crippen molar-refractivity contribution in [3.05, 3.63) is 132 Å². The maximum atomic E-state index is 4.95. The fraction of sp³-hybridized carbons (Fsp3) is 0.114. The second kappa shape index (κ2) is 8.97. The fourth-order valence-electron chi connectivity index (χ4n) is 5.85. The number of anilines is 3. The van der Waals surface area contributed by atoms with Crippen molar-refractivity contribution < 1.29 is 0 Å². The van der Waals surface area contributed by atoms with E-state index < -0.39 is 0 Å². The summed E-state index contributed by atoms with van der Waals surface area (Å²) in [6, 6.07) is 43.6. The van der Waals surface area contributed by atoms with Crippen LogP contribution in [0.25, 0.3) is 31.9 Å². The normalized spacial score (nSPS) is 15.8. The number of rotatable bonds is 5. The lowest BCUT2D eigenvalue weighted by molar-refractivity contribution is 0.565. The zero-order valence-corrected chi connectivity index (χ0v) is 22.4. The van der Waals surface area contributed by atoms with E-state index in [9.17, 15) is 0 Å². The zero-order chi connectivity index (χ0) is 25.7. The van der Waals surface area contributed by atoms with E-state index >= 15 is 0 Å². The number of benzene rings is 5. The van der Waals surface area contributed by atoms with E-state index in [4.69, 9.17) is 4.98 Å². The van der Waals surface area contributed by atoms with Gasteiger partial charge in [-0.2, -0.15) is 0 Å². The number of hydrogen-bond acceptors (Lipinski definition) is 3. The number of fused-ring (bicyclic) bond motifs is 4. The van der Waals surface area contributed by atoms with Crippen molar-refractivity contribution in [2.75, 3.05) is 4.90 Å². The number of thiazole rings is 1. The molecule has 38 heavy (non-hydrogen) atoms. The Balaban J connectivity index is 1.36. The second-order valence-electron chi connectivity index (χ2n) is 10.2. The van der Waals surface area contributed by atoms with Crippen molar-refractivity contribution in [1.82, 2.24) is 4.98 Å². The number of hydrogen-bond donors (Lipinski definition) is 0. The first-order chi connectivity index (χ1) is 18.7. The van der Waals surface area contributed by atoms with Crippen molar-refractivity contribution in [1.29, 1.82) is 0 Å². The minimum absolute atomic E-state index is 0.0770. The SMILES string of the molecule is CCC1(C)c2cc(-c3nc4ccccc4s3)ccc2-c2ccc(N(c3ccccc3)c3ccccc3)cc21.